The molecule has 136 valence electrons. The van der Waals surface area contributed by atoms with Gasteiger partial charge in [-0.25, -0.2) is 4.79 Å². The molecule has 7 heteroatoms. The maximum Gasteiger partial charge on any atom is 0.315 e. The standard InChI is InChI=1S/C18H25N3O4/c22-16-6-2-1-5-15(16)17(23)21-9-7-13(8-10-21)20-18(24)19-12-14-4-3-11-25-14/h1-2,5-6,13-14,22H,3-4,7-12H2,(H2,19,20,24). The van der Waals surface area contributed by atoms with Crippen molar-refractivity contribution in [1.29, 1.82) is 0 Å². The van der Waals surface area contributed by atoms with E-state index in [9.17, 15) is 14.7 Å². The van der Waals surface area contributed by atoms with Crippen molar-refractivity contribution in [1.82, 2.24) is 15.5 Å². The third-order valence-corrected chi connectivity index (χ3v) is 4.77. The van der Waals surface area contributed by atoms with Crippen LogP contribution in [0.5, 0.6) is 5.75 Å². The van der Waals surface area contributed by atoms with Gasteiger partial charge >= 0.3 is 6.03 Å². The van der Waals surface area contributed by atoms with Gasteiger partial charge in [-0.05, 0) is 37.8 Å². The highest BCUT2D eigenvalue weighted by Crippen LogP contribution is 2.20. The van der Waals surface area contributed by atoms with E-state index >= 15 is 0 Å². The van der Waals surface area contributed by atoms with Crippen LogP contribution >= 0.6 is 0 Å². The first-order chi connectivity index (χ1) is 12.1. The maximum absolute atomic E-state index is 12.5. The molecule has 3 N–H and O–H groups in total. The van der Waals surface area contributed by atoms with E-state index in [1.165, 1.54) is 6.07 Å². The Morgan fingerprint density at radius 2 is 1.96 bits per heavy atom. The Balaban J connectivity index is 1.41. The van der Waals surface area contributed by atoms with E-state index in [1.807, 2.05) is 0 Å². The number of likely N-dealkylation sites (tertiary alicyclic amines) is 1. The molecule has 2 fully saturated rings. The Bertz CT molecular complexity index is 608. The monoisotopic (exact) mass is 347 g/mol. The molecule has 2 aliphatic rings. The van der Waals surface area contributed by atoms with Crippen LogP contribution in [0.1, 0.15) is 36.0 Å². The predicted molar refractivity (Wildman–Crippen MR) is 92.5 cm³/mol. The molecule has 0 saturated carbocycles. The van der Waals surface area contributed by atoms with E-state index in [2.05, 4.69) is 10.6 Å². The zero-order valence-corrected chi connectivity index (χ0v) is 14.2. The minimum atomic E-state index is -0.180. The van der Waals surface area contributed by atoms with E-state index in [4.69, 9.17) is 4.74 Å². The van der Waals surface area contributed by atoms with Gasteiger partial charge in [-0.1, -0.05) is 12.1 Å². The van der Waals surface area contributed by atoms with E-state index in [-0.39, 0.29) is 29.8 Å². The number of rotatable bonds is 4. The summed E-state index contributed by atoms with van der Waals surface area (Å²) >= 11 is 0. The van der Waals surface area contributed by atoms with Crippen molar-refractivity contribution >= 4 is 11.9 Å². The number of carbonyl (C=O) groups is 2. The summed E-state index contributed by atoms with van der Waals surface area (Å²) in [5, 5.41) is 15.6. The maximum atomic E-state index is 12.5. The number of urea groups is 1. The highest BCUT2D eigenvalue weighted by Gasteiger charge is 2.26. The number of amides is 3. The molecule has 0 aromatic heterocycles. The molecule has 2 aliphatic heterocycles. The van der Waals surface area contributed by atoms with E-state index in [0.717, 1.165) is 19.4 Å². The summed E-state index contributed by atoms with van der Waals surface area (Å²) in [6, 6.07) is 6.44. The minimum absolute atomic E-state index is 0.00116. The number of piperidine rings is 1. The van der Waals surface area contributed by atoms with Gasteiger partial charge in [0, 0.05) is 32.3 Å². The van der Waals surface area contributed by atoms with Gasteiger partial charge in [0.1, 0.15) is 5.75 Å². The molecular weight excluding hydrogens is 322 g/mol. The van der Waals surface area contributed by atoms with Crippen LogP contribution in [0.2, 0.25) is 0 Å². The first-order valence-electron chi connectivity index (χ1n) is 8.86. The molecular formula is C18H25N3O4. The topological polar surface area (TPSA) is 90.9 Å². The summed E-state index contributed by atoms with van der Waals surface area (Å²) in [6.45, 7) is 2.43. The lowest BCUT2D eigenvalue weighted by Gasteiger charge is -2.32. The van der Waals surface area contributed by atoms with Crippen molar-refractivity contribution in [3.05, 3.63) is 29.8 Å². The van der Waals surface area contributed by atoms with Gasteiger partial charge in [0.15, 0.2) is 0 Å². The fraction of sp³-hybridized carbons (Fsp3) is 0.556. The first kappa shape index (κ1) is 17.5. The molecule has 3 amide bonds. The molecule has 2 heterocycles. The number of benzene rings is 1. The predicted octanol–water partition coefficient (Wildman–Crippen LogP) is 1.47. The number of hydrogen-bond donors (Lipinski definition) is 3. The minimum Gasteiger partial charge on any atom is -0.507 e. The van der Waals surface area contributed by atoms with Crippen LogP contribution in [0.4, 0.5) is 4.79 Å². The third-order valence-electron chi connectivity index (χ3n) is 4.77. The number of nitrogens with one attached hydrogen (secondary N) is 2. The first-order valence-corrected chi connectivity index (χ1v) is 8.86. The number of phenols is 1. The average Bonchev–Trinajstić information content (AvgIpc) is 3.14. The van der Waals surface area contributed by atoms with Crippen molar-refractivity contribution in [3.63, 3.8) is 0 Å². The normalized spacial score (nSPS) is 21.1. The second-order valence-corrected chi connectivity index (χ2v) is 6.57. The van der Waals surface area contributed by atoms with Crippen molar-refractivity contribution in [2.45, 2.75) is 37.8 Å². The van der Waals surface area contributed by atoms with Crippen LogP contribution in [-0.2, 0) is 4.74 Å². The average molecular weight is 347 g/mol. The number of aromatic hydroxyl groups is 1. The zero-order valence-electron chi connectivity index (χ0n) is 14.2. The van der Waals surface area contributed by atoms with Crippen LogP contribution in [0, 0.1) is 0 Å². The lowest BCUT2D eigenvalue weighted by molar-refractivity contribution is 0.0704. The molecule has 25 heavy (non-hydrogen) atoms. The number of hydrogen-bond acceptors (Lipinski definition) is 4. The fourth-order valence-corrected chi connectivity index (χ4v) is 3.30. The SMILES string of the molecule is O=C(NCC1CCCO1)NC1CCN(C(=O)c2ccccc2O)CC1. The summed E-state index contributed by atoms with van der Waals surface area (Å²) in [5.74, 6) is -0.166. The molecule has 0 aliphatic carbocycles. The molecule has 7 nitrogen and oxygen atoms in total. The Morgan fingerprint density at radius 1 is 1.20 bits per heavy atom. The van der Waals surface area contributed by atoms with Crippen LogP contribution in [0.3, 0.4) is 0 Å². The van der Waals surface area contributed by atoms with Crippen LogP contribution in [0.15, 0.2) is 24.3 Å². The number of ether oxygens (including phenoxy) is 1. The van der Waals surface area contributed by atoms with Crippen molar-refractivity contribution in [2.75, 3.05) is 26.2 Å². The van der Waals surface area contributed by atoms with Crippen LogP contribution in [0.25, 0.3) is 0 Å². The Hall–Kier alpha value is -2.28. The van der Waals surface area contributed by atoms with Crippen molar-refractivity contribution in [3.8, 4) is 5.75 Å². The van der Waals surface area contributed by atoms with Gasteiger partial charge in [-0.3, -0.25) is 4.79 Å². The Morgan fingerprint density at radius 3 is 2.64 bits per heavy atom. The summed E-state index contributed by atoms with van der Waals surface area (Å²) in [7, 11) is 0. The lowest BCUT2D eigenvalue weighted by Crippen LogP contribution is -2.50. The van der Waals surface area contributed by atoms with E-state index in [1.54, 1.807) is 23.1 Å². The largest absolute Gasteiger partial charge is 0.507 e. The van der Waals surface area contributed by atoms with Gasteiger partial charge in [0.2, 0.25) is 0 Å². The molecule has 1 aromatic carbocycles. The lowest BCUT2D eigenvalue weighted by atomic mass is 10.0. The Kier molecular flexibility index (Phi) is 5.75. The molecule has 1 aromatic rings. The fourth-order valence-electron chi connectivity index (χ4n) is 3.30. The zero-order chi connectivity index (χ0) is 17.6. The number of para-hydroxylation sites is 1. The van der Waals surface area contributed by atoms with Gasteiger partial charge in [-0.2, -0.15) is 0 Å². The smallest absolute Gasteiger partial charge is 0.315 e. The summed E-state index contributed by atoms with van der Waals surface area (Å²) in [5.41, 5.74) is 0.322. The molecule has 2 saturated heterocycles. The number of nitrogens with zero attached hydrogens (tertiary/aromatic N) is 1. The highest BCUT2D eigenvalue weighted by molar-refractivity contribution is 5.96. The molecule has 3 rings (SSSR count). The number of carbonyl (C=O) groups excluding carboxylic acids is 2. The number of phenolic OH excluding ortho intramolecular Hbond substituents is 1. The van der Waals surface area contributed by atoms with Crippen LogP contribution < -0.4 is 10.6 Å². The van der Waals surface area contributed by atoms with E-state index in [0.29, 0.717) is 38.0 Å². The summed E-state index contributed by atoms with van der Waals surface area (Å²) < 4.78 is 5.48. The third kappa shape index (κ3) is 4.63. The van der Waals surface area contributed by atoms with Gasteiger partial charge in [-0.15, -0.1) is 0 Å². The summed E-state index contributed by atoms with van der Waals surface area (Å²) in [6.07, 6.45) is 3.58. The quantitative estimate of drug-likeness (QED) is 0.769. The molecule has 1 atom stereocenters. The molecule has 0 spiro atoms. The molecule has 0 bridgehead atoms. The van der Waals surface area contributed by atoms with E-state index < -0.39 is 0 Å². The van der Waals surface area contributed by atoms with Crippen molar-refractivity contribution in [2.24, 2.45) is 0 Å². The van der Waals surface area contributed by atoms with Crippen molar-refractivity contribution < 1.29 is 19.4 Å². The highest BCUT2D eigenvalue weighted by atomic mass is 16.5. The van der Waals surface area contributed by atoms with Gasteiger partial charge < -0.3 is 25.4 Å². The second-order valence-electron chi connectivity index (χ2n) is 6.57. The van der Waals surface area contributed by atoms with Gasteiger partial charge in [0.25, 0.3) is 5.91 Å². The molecule has 0 radical (unpaired) electrons. The second kappa shape index (κ2) is 8.20. The molecule has 1 unspecified atom stereocenters. The summed E-state index contributed by atoms with van der Waals surface area (Å²) in [4.78, 5) is 26.1. The Labute approximate surface area is 147 Å². The van der Waals surface area contributed by atoms with Gasteiger partial charge in [0.05, 0.1) is 11.7 Å². The van der Waals surface area contributed by atoms with Crippen LogP contribution in [-0.4, -0.2) is 60.3 Å².